The van der Waals surface area contributed by atoms with Crippen molar-refractivity contribution in [3.05, 3.63) is 29.3 Å². The summed E-state index contributed by atoms with van der Waals surface area (Å²) in [5, 5.41) is 2.30. The van der Waals surface area contributed by atoms with Crippen LogP contribution in [0.4, 0.5) is 0 Å². The van der Waals surface area contributed by atoms with Crippen LogP contribution in [0.5, 0.6) is 5.75 Å². The largest absolute Gasteiger partial charge is 0.493 e. The average molecular weight is 388 g/mol. The van der Waals surface area contributed by atoms with Gasteiger partial charge >= 0.3 is 5.97 Å². The van der Waals surface area contributed by atoms with Crippen LogP contribution < -0.4 is 10.1 Å². The van der Waals surface area contributed by atoms with Crippen molar-refractivity contribution in [3.63, 3.8) is 0 Å². The first kappa shape index (κ1) is 19.9. The number of rotatable bonds is 8. The molecule has 0 aliphatic carbocycles. The fourth-order valence-corrected chi connectivity index (χ4v) is 3.53. The van der Waals surface area contributed by atoms with Crippen molar-refractivity contribution in [3.8, 4) is 5.75 Å². The van der Waals surface area contributed by atoms with Gasteiger partial charge in [-0.15, -0.1) is 0 Å². The lowest BCUT2D eigenvalue weighted by Gasteiger charge is -2.29. The van der Waals surface area contributed by atoms with Crippen LogP contribution in [0, 0.1) is 0 Å². The van der Waals surface area contributed by atoms with Crippen LogP contribution in [0.25, 0.3) is 0 Å². The van der Waals surface area contributed by atoms with Crippen LogP contribution in [-0.2, 0) is 25.7 Å². The van der Waals surface area contributed by atoms with Gasteiger partial charge in [-0.25, -0.2) is 0 Å². The highest BCUT2D eigenvalue weighted by Gasteiger charge is 2.40. The van der Waals surface area contributed by atoms with Gasteiger partial charge in [0.1, 0.15) is 11.8 Å². The van der Waals surface area contributed by atoms with Crippen molar-refractivity contribution in [1.82, 2.24) is 10.2 Å². The number of nitrogens with zero attached hydrogens (tertiary/aromatic N) is 1. The molecule has 8 heteroatoms. The van der Waals surface area contributed by atoms with Crippen LogP contribution in [-0.4, -0.2) is 48.3 Å². The summed E-state index contributed by atoms with van der Waals surface area (Å²) >= 11 is 0. The van der Waals surface area contributed by atoms with E-state index in [1.54, 1.807) is 6.07 Å². The summed E-state index contributed by atoms with van der Waals surface area (Å²) in [6.45, 7) is 0.764. The molecule has 28 heavy (non-hydrogen) atoms. The summed E-state index contributed by atoms with van der Waals surface area (Å²) in [5.74, 6) is -0.691. The van der Waals surface area contributed by atoms with Crippen molar-refractivity contribution in [2.45, 2.75) is 51.1 Å². The van der Waals surface area contributed by atoms with Crippen LogP contribution in [0.3, 0.4) is 0 Å². The molecule has 150 valence electrons. The van der Waals surface area contributed by atoms with E-state index in [4.69, 9.17) is 4.74 Å². The Labute approximate surface area is 163 Å². The highest BCUT2D eigenvalue weighted by atomic mass is 16.5. The van der Waals surface area contributed by atoms with E-state index in [9.17, 15) is 19.2 Å². The van der Waals surface area contributed by atoms with Gasteiger partial charge in [0, 0.05) is 19.4 Å². The maximum absolute atomic E-state index is 12.9. The van der Waals surface area contributed by atoms with E-state index in [-0.39, 0.29) is 24.2 Å². The van der Waals surface area contributed by atoms with Crippen LogP contribution >= 0.6 is 0 Å². The van der Waals surface area contributed by atoms with Crippen LogP contribution in [0.2, 0.25) is 0 Å². The molecule has 3 rings (SSSR count). The summed E-state index contributed by atoms with van der Waals surface area (Å²) < 4.78 is 10.4. The van der Waals surface area contributed by atoms with Crippen molar-refractivity contribution < 1.29 is 28.7 Å². The molecule has 0 spiro atoms. The second-order valence-electron chi connectivity index (χ2n) is 6.93. The summed E-state index contributed by atoms with van der Waals surface area (Å²) in [5.41, 5.74) is 1.31. The van der Waals surface area contributed by atoms with Gasteiger partial charge in [-0.1, -0.05) is 12.1 Å². The Morgan fingerprint density at radius 1 is 1.21 bits per heavy atom. The summed E-state index contributed by atoms with van der Waals surface area (Å²) in [6, 6.07) is 4.79. The molecular formula is C20H24N2O6. The SMILES string of the molecule is COC(=O)CCCCCOc1cccc2c1C(=O)N(C1CCC(=O)NC1=O)C2. The van der Waals surface area contributed by atoms with E-state index >= 15 is 0 Å². The molecule has 2 aliphatic heterocycles. The minimum absolute atomic E-state index is 0.221. The van der Waals surface area contributed by atoms with Gasteiger partial charge in [-0.05, 0) is 37.3 Å². The Balaban J connectivity index is 1.58. The van der Waals surface area contributed by atoms with Crippen molar-refractivity contribution in [2.75, 3.05) is 13.7 Å². The van der Waals surface area contributed by atoms with Crippen LogP contribution in [0.1, 0.15) is 54.4 Å². The smallest absolute Gasteiger partial charge is 0.305 e. The van der Waals surface area contributed by atoms with E-state index in [1.165, 1.54) is 12.0 Å². The number of hydrogen-bond donors (Lipinski definition) is 1. The second-order valence-corrected chi connectivity index (χ2v) is 6.93. The summed E-state index contributed by atoms with van der Waals surface area (Å²) in [7, 11) is 1.37. The lowest BCUT2D eigenvalue weighted by Crippen LogP contribution is -2.52. The number of carbonyl (C=O) groups is 4. The average Bonchev–Trinajstić information content (AvgIpc) is 3.01. The molecule has 2 aliphatic rings. The first-order chi connectivity index (χ1) is 13.5. The lowest BCUT2D eigenvalue weighted by molar-refractivity contribution is -0.141. The fraction of sp³-hybridized carbons (Fsp3) is 0.500. The number of hydrogen-bond acceptors (Lipinski definition) is 6. The number of piperidine rings is 1. The number of methoxy groups -OCH3 is 1. The van der Waals surface area contributed by atoms with Crippen molar-refractivity contribution in [2.24, 2.45) is 0 Å². The molecule has 8 nitrogen and oxygen atoms in total. The quantitative estimate of drug-likeness (QED) is 0.412. The number of esters is 1. The molecule has 1 unspecified atom stereocenters. The first-order valence-corrected chi connectivity index (χ1v) is 9.47. The molecule has 1 N–H and O–H groups in total. The predicted molar refractivity (Wildman–Crippen MR) is 98.5 cm³/mol. The van der Waals surface area contributed by atoms with Gasteiger partial charge < -0.3 is 14.4 Å². The van der Waals surface area contributed by atoms with Gasteiger partial charge in [-0.3, -0.25) is 24.5 Å². The molecule has 0 aromatic heterocycles. The Morgan fingerprint density at radius 2 is 2.04 bits per heavy atom. The van der Waals surface area contributed by atoms with E-state index in [2.05, 4.69) is 10.1 Å². The lowest BCUT2D eigenvalue weighted by atomic mass is 10.0. The molecule has 0 bridgehead atoms. The molecule has 1 aromatic rings. The minimum atomic E-state index is -0.635. The predicted octanol–water partition coefficient (Wildman–Crippen LogP) is 1.56. The summed E-state index contributed by atoms with van der Waals surface area (Å²) in [4.78, 5) is 49.0. The number of amides is 3. The minimum Gasteiger partial charge on any atom is -0.493 e. The number of fused-ring (bicyclic) bond motifs is 1. The number of carbonyl (C=O) groups excluding carboxylic acids is 4. The fourth-order valence-electron chi connectivity index (χ4n) is 3.53. The molecule has 1 aromatic carbocycles. The van der Waals surface area contributed by atoms with E-state index in [0.29, 0.717) is 37.3 Å². The van der Waals surface area contributed by atoms with Crippen molar-refractivity contribution >= 4 is 23.7 Å². The topological polar surface area (TPSA) is 102 Å². The molecule has 1 saturated heterocycles. The zero-order chi connectivity index (χ0) is 20.1. The summed E-state index contributed by atoms with van der Waals surface area (Å²) in [6.07, 6.45) is 3.25. The zero-order valence-electron chi connectivity index (χ0n) is 15.9. The number of ether oxygens (including phenoxy) is 2. The first-order valence-electron chi connectivity index (χ1n) is 9.47. The molecule has 3 amide bonds. The van der Waals surface area contributed by atoms with Gasteiger partial charge in [0.2, 0.25) is 11.8 Å². The Kier molecular flexibility index (Phi) is 6.28. The van der Waals surface area contributed by atoms with Gasteiger partial charge in [0.25, 0.3) is 5.91 Å². The highest BCUT2D eigenvalue weighted by Crippen LogP contribution is 2.33. The van der Waals surface area contributed by atoms with Gasteiger partial charge in [-0.2, -0.15) is 0 Å². The maximum atomic E-state index is 12.9. The third kappa shape index (κ3) is 4.32. The van der Waals surface area contributed by atoms with E-state index in [1.807, 2.05) is 12.1 Å². The Bertz CT molecular complexity index is 791. The van der Waals surface area contributed by atoms with Gasteiger partial charge in [0.05, 0.1) is 19.3 Å². The molecule has 2 heterocycles. The molecule has 0 saturated carbocycles. The van der Waals surface area contributed by atoms with E-state index in [0.717, 1.165) is 24.8 Å². The number of unbranched alkanes of at least 4 members (excludes halogenated alkanes) is 2. The number of nitrogens with one attached hydrogen (secondary N) is 1. The van der Waals surface area contributed by atoms with E-state index < -0.39 is 11.9 Å². The molecule has 1 fully saturated rings. The molecular weight excluding hydrogens is 364 g/mol. The Hall–Kier alpha value is -2.90. The zero-order valence-corrected chi connectivity index (χ0v) is 15.9. The number of imide groups is 1. The second kappa shape index (κ2) is 8.86. The molecule has 1 atom stereocenters. The van der Waals surface area contributed by atoms with Gasteiger partial charge in [0.15, 0.2) is 0 Å². The standard InChI is InChI=1S/C20H24N2O6/c1-27-17(24)8-3-2-4-11-28-15-7-5-6-13-12-22(20(26)18(13)15)14-9-10-16(23)21-19(14)25/h5-7,14H,2-4,8-12H2,1H3,(H,21,23,25). The monoisotopic (exact) mass is 388 g/mol. The maximum Gasteiger partial charge on any atom is 0.305 e. The van der Waals surface area contributed by atoms with Crippen molar-refractivity contribution in [1.29, 1.82) is 0 Å². The van der Waals surface area contributed by atoms with Crippen LogP contribution in [0.15, 0.2) is 18.2 Å². The third-order valence-corrected chi connectivity index (χ3v) is 5.02. The molecule has 0 radical (unpaired) electrons. The normalized spacial score (nSPS) is 18.7. The Morgan fingerprint density at radius 3 is 2.79 bits per heavy atom. The third-order valence-electron chi connectivity index (χ3n) is 5.02. The number of benzene rings is 1. The highest BCUT2D eigenvalue weighted by molar-refractivity contribution is 6.06.